The number of carbonyl (C=O) groups is 1. The van der Waals surface area contributed by atoms with Crippen molar-refractivity contribution in [2.75, 3.05) is 32.6 Å². The zero-order chi connectivity index (χ0) is 20.5. The number of amides is 1. The maximum Gasteiger partial charge on any atom is 0.225 e. The zero-order valence-electron chi connectivity index (χ0n) is 17.2. The zero-order valence-corrected chi connectivity index (χ0v) is 17.2. The van der Waals surface area contributed by atoms with Crippen LogP contribution in [0.25, 0.3) is 0 Å². The number of ether oxygens (including phenoxy) is 1. The smallest absolute Gasteiger partial charge is 0.225 e. The molecule has 0 aromatic heterocycles. The van der Waals surface area contributed by atoms with E-state index in [-0.39, 0.29) is 11.8 Å². The maximum absolute atomic E-state index is 12.0. The number of nitrogens with one attached hydrogen (secondary N) is 3. The third-order valence-electron chi connectivity index (χ3n) is 5.19. The number of para-hydroxylation sites is 1. The second-order valence-electron chi connectivity index (χ2n) is 7.22. The summed E-state index contributed by atoms with van der Waals surface area (Å²) in [5.74, 6) is 1.88. The van der Waals surface area contributed by atoms with E-state index >= 15 is 0 Å². The number of anilines is 1. The van der Waals surface area contributed by atoms with E-state index in [4.69, 9.17) is 4.74 Å². The number of unbranched alkanes of at least 4 members (excludes halogenated alkanes) is 1. The monoisotopic (exact) mass is 394 g/mol. The number of methoxy groups -OCH3 is 1. The Bertz CT molecular complexity index is 833. The molecule has 3 N–H and O–H groups in total. The van der Waals surface area contributed by atoms with Gasteiger partial charge >= 0.3 is 0 Å². The second kappa shape index (κ2) is 10.5. The molecular weight excluding hydrogens is 364 g/mol. The number of hydrogen-bond acceptors (Lipinski definition) is 3. The number of nitrogens with zero attached hydrogens (tertiary/aromatic N) is 1. The maximum atomic E-state index is 12.0. The number of guanidine groups is 1. The number of fused-ring (bicyclic) bond motifs is 1. The first-order valence-corrected chi connectivity index (χ1v) is 10.2. The number of hydrogen-bond donors (Lipinski definition) is 3. The second-order valence-corrected chi connectivity index (χ2v) is 7.22. The molecular formula is C23H30N4O2. The van der Waals surface area contributed by atoms with Gasteiger partial charge in [-0.3, -0.25) is 9.79 Å². The molecule has 1 aliphatic rings. The number of aryl methyl sites for hydroxylation is 1. The molecule has 1 atom stereocenters. The largest absolute Gasteiger partial charge is 0.497 e. The van der Waals surface area contributed by atoms with Crippen molar-refractivity contribution < 1.29 is 9.53 Å². The molecule has 1 unspecified atom stereocenters. The van der Waals surface area contributed by atoms with E-state index in [9.17, 15) is 4.79 Å². The first-order chi connectivity index (χ1) is 14.2. The van der Waals surface area contributed by atoms with Crippen molar-refractivity contribution in [3.8, 4) is 5.75 Å². The molecule has 2 aromatic rings. The molecule has 3 rings (SSSR count). The summed E-state index contributed by atoms with van der Waals surface area (Å²) in [5, 5.41) is 9.67. The molecule has 6 nitrogen and oxygen atoms in total. The highest BCUT2D eigenvalue weighted by atomic mass is 16.5. The number of carbonyl (C=O) groups excluding carboxylic acids is 1. The first-order valence-electron chi connectivity index (χ1n) is 10.2. The molecule has 2 aromatic carbocycles. The van der Waals surface area contributed by atoms with Gasteiger partial charge in [-0.25, -0.2) is 0 Å². The lowest BCUT2D eigenvalue weighted by atomic mass is 9.90. The van der Waals surface area contributed by atoms with Crippen LogP contribution in [0.1, 0.15) is 36.3 Å². The Morgan fingerprint density at radius 3 is 2.69 bits per heavy atom. The molecule has 1 heterocycles. The van der Waals surface area contributed by atoms with E-state index in [2.05, 4.69) is 39.1 Å². The number of aliphatic imine (C=N–C) groups is 1. The summed E-state index contributed by atoms with van der Waals surface area (Å²) in [6.07, 6.45) is 3.70. The van der Waals surface area contributed by atoms with Crippen LogP contribution in [0.2, 0.25) is 0 Å². The van der Waals surface area contributed by atoms with Gasteiger partial charge in [-0.15, -0.1) is 0 Å². The van der Waals surface area contributed by atoms with E-state index in [0.717, 1.165) is 43.2 Å². The van der Waals surface area contributed by atoms with Crippen LogP contribution < -0.4 is 20.7 Å². The summed E-state index contributed by atoms with van der Waals surface area (Å²) < 4.78 is 5.19. The molecule has 29 heavy (non-hydrogen) atoms. The normalized spacial score (nSPS) is 16.0. The molecule has 0 saturated heterocycles. The Kier molecular flexibility index (Phi) is 7.50. The van der Waals surface area contributed by atoms with E-state index in [1.165, 1.54) is 11.1 Å². The lowest BCUT2D eigenvalue weighted by molar-refractivity contribution is -0.116. The Balaban J connectivity index is 1.39. The van der Waals surface area contributed by atoms with Crippen LogP contribution in [-0.2, 0) is 11.2 Å². The van der Waals surface area contributed by atoms with E-state index in [1.807, 2.05) is 30.3 Å². The average Bonchev–Trinajstić information content (AvgIpc) is 2.75. The quantitative estimate of drug-likeness (QED) is 0.365. The van der Waals surface area contributed by atoms with Crippen molar-refractivity contribution in [3.63, 3.8) is 0 Å². The SMILES string of the molecule is CN=C(NCCCCc1ccc(OC)cc1)NCC1CC(=O)Nc2ccccc21. The lowest BCUT2D eigenvalue weighted by Crippen LogP contribution is -2.41. The molecule has 0 fully saturated rings. The van der Waals surface area contributed by atoms with Gasteiger partial charge in [-0.1, -0.05) is 30.3 Å². The fourth-order valence-electron chi connectivity index (χ4n) is 3.58. The molecule has 0 radical (unpaired) electrons. The number of rotatable bonds is 8. The van der Waals surface area contributed by atoms with Crippen LogP contribution in [0.4, 0.5) is 5.69 Å². The third-order valence-corrected chi connectivity index (χ3v) is 5.19. The summed E-state index contributed by atoms with van der Waals surface area (Å²) in [6.45, 7) is 1.54. The Hall–Kier alpha value is -3.02. The molecule has 1 amide bonds. The molecule has 1 aliphatic heterocycles. The Labute approximate surface area is 172 Å². The van der Waals surface area contributed by atoms with Crippen molar-refractivity contribution in [2.45, 2.75) is 31.6 Å². The minimum atomic E-state index is 0.0666. The highest BCUT2D eigenvalue weighted by molar-refractivity contribution is 5.94. The van der Waals surface area contributed by atoms with Crippen LogP contribution >= 0.6 is 0 Å². The summed E-state index contributed by atoms with van der Waals surface area (Å²) in [6, 6.07) is 16.2. The highest BCUT2D eigenvalue weighted by Gasteiger charge is 2.24. The topological polar surface area (TPSA) is 74.8 Å². The summed E-state index contributed by atoms with van der Waals surface area (Å²) in [4.78, 5) is 16.3. The first kappa shape index (κ1) is 20.7. The summed E-state index contributed by atoms with van der Waals surface area (Å²) in [5.41, 5.74) is 3.41. The molecule has 0 saturated carbocycles. The summed E-state index contributed by atoms with van der Waals surface area (Å²) in [7, 11) is 3.46. The van der Waals surface area contributed by atoms with Gasteiger partial charge in [0.05, 0.1) is 7.11 Å². The predicted molar refractivity (Wildman–Crippen MR) is 118 cm³/mol. The number of benzene rings is 2. The average molecular weight is 395 g/mol. The van der Waals surface area contributed by atoms with E-state index < -0.39 is 0 Å². The van der Waals surface area contributed by atoms with E-state index in [0.29, 0.717) is 13.0 Å². The fourth-order valence-corrected chi connectivity index (χ4v) is 3.58. The van der Waals surface area contributed by atoms with Gasteiger partial charge < -0.3 is 20.7 Å². The standard InChI is InChI=1S/C23H30N4O2/c1-24-23(25-14-6-5-7-17-10-12-19(29-2)13-11-17)26-16-18-15-22(28)27-21-9-4-3-8-20(18)21/h3-4,8-13,18H,5-7,14-16H2,1-2H3,(H,27,28)(H2,24,25,26). The minimum Gasteiger partial charge on any atom is -0.497 e. The van der Waals surface area contributed by atoms with Gasteiger partial charge in [-0.05, 0) is 48.6 Å². The van der Waals surface area contributed by atoms with Crippen molar-refractivity contribution >= 4 is 17.6 Å². The van der Waals surface area contributed by atoms with E-state index in [1.54, 1.807) is 14.2 Å². The van der Waals surface area contributed by atoms with Crippen molar-refractivity contribution in [1.29, 1.82) is 0 Å². The molecule has 0 bridgehead atoms. The Morgan fingerprint density at radius 2 is 1.93 bits per heavy atom. The molecule has 154 valence electrons. The predicted octanol–water partition coefficient (Wildman–Crippen LogP) is 3.31. The van der Waals surface area contributed by atoms with Crippen molar-refractivity contribution in [1.82, 2.24) is 10.6 Å². The van der Waals surface area contributed by atoms with Gasteiger partial charge in [0.2, 0.25) is 5.91 Å². The lowest BCUT2D eigenvalue weighted by Gasteiger charge is -2.26. The Morgan fingerprint density at radius 1 is 1.14 bits per heavy atom. The van der Waals surface area contributed by atoms with Crippen LogP contribution in [0.5, 0.6) is 5.75 Å². The molecule has 0 aliphatic carbocycles. The van der Waals surface area contributed by atoms with Gasteiger partial charge in [0.1, 0.15) is 5.75 Å². The fraction of sp³-hybridized carbons (Fsp3) is 0.391. The molecule has 0 spiro atoms. The summed E-state index contributed by atoms with van der Waals surface area (Å²) >= 11 is 0. The van der Waals surface area contributed by atoms with Crippen LogP contribution in [-0.4, -0.2) is 39.1 Å². The third kappa shape index (κ3) is 5.98. The molecule has 6 heteroatoms. The minimum absolute atomic E-state index is 0.0666. The van der Waals surface area contributed by atoms with Gasteiger partial charge in [0, 0.05) is 38.2 Å². The van der Waals surface area contributed by atoms with Crippen LogP contribution in [0.3, 0.4) is 0 Å². The van der Waals surface area contributed by atoms with Gasteiger partial charge in [0.25, 0.3) is 0 Å². The van der Waals surface area contributed by atoms with Crippen molar-refractivity contribution in [2.24, 2.45) is 4.99 Å². The highest BCUT2D eigenvalue weighted by Crippen LogP contribution is 2.31. The van der Waals surface area contributed by atoms with Crippen LogP contribution in [0, 0.1) is 0 Å². The van der Waals surface area contributed by atoms with Gasteiger partial charge in [0.15, 0.2) is 5.96 Å². The van der Waals surface area contributed by atoms with Gasteiger partial charge in [-0.2, -0.15) is 0 Å². The van der Waals surface area contributed by atoms with Crippen molar-refractivity contribution in [3.05, 3.63) is 59.7 Å². The van der Waals surface area contributed by atoms with Crippen LogP contribution in [0.15, 0.2) is 53.5 Å².